The van der Waals surface area contributed by atoms with E-state index in [4.69, 9.17) is 13.9 Å². The van der Waals surface area contributed by atoms with Crippen LogP contribution in [0.1, 0.15) is 27.7 Å². The van der Waals surface area contributed by atoms with Crippen LogP contribution in [0, 0.1) is 23.3 Å². The summed E-state index contributed by atoms with van der Waals surface area (Å²) < 4.78 is 68.2. The zero-order chi connectivity index (χ0) is 16.2. The van der Waals surface area contributed by atoms with Crippen molar-refractivity contribution >= 4 is 14.9 Å². The van der Waals surface area contributed by atoms with Crippen LogP contribution in [0.4, 0.5) is 17.6 Å². The highest BCUT2D eigenvalue weighted by molar-refractivity contribution is 6.47. The molecule has 0 N–H and O–H groups in total. The number of ether oxygens (including phenoxy) is 2. The fourth-order valence-electron chi connectivity index (χ4n) is 1.29. The lowest BCUT2D eigenvalue weighted by atomic mass is 10.3. The molecule has 0 saturated carbocycles. The largest absolute Gasteiger partial charge is 0.366 e. The number of halogens is 4. The summed E-state index contributed by atoms with van der Waals surface area (Å²) in [5.41, 5.74) is 0. The molecular formula is C13H16F4O3Si. The zero-order valence-electron chi connectivity index (χ0n) is 12.0. The third-order valence-corrected chi connectivity index (χ3v) is 3.03. The normalized spacial score (nSPS) is 12.0. The van der Waals surface area contributed by atoms with E-state index in [-0.39, 0.29) is 12.2 Å². The summed E-state index contributed by atoms with van der Waals surface area (Å²) in [6, 6.07) is 0.550. The summed E-state index contributed by atoms with van der Waals surface area (Å²) >= 11 is 0. The molecule has 0 aliphatic carbocycles. The molecule has 1 aromatic carbocycles. The van der Waals surface area contributed by atoms with E-state index in [2.05, 4.69) is 0 Å². The Kier molecular flexibility index (Phi) is 6.79. The third-order valence-electron chi connectivity index (χ3n) is 2.13. The molecule has 21 heavy (non-hydrogen) atoms. The van der Waals surface area contributed by atoms with Crippen molar-refractivity contribution in [1.82, 2.24) is 0 Å². The van der Waals surface area contributed by atoms with Crippen LogP contribution in [0.25, 0.3) is 0 Å². The third kappa shape index (κ3) is 5.38. The Morgan fingerprint density at radius 1 is 0.857 bits per heavy atom. The van der Waals surface area contributed by atoms with Gasteiger partial charge in [-0.05, 0) is 33.8 Å². The first-order valence-electron chi connectivity index (χ1n) is 6.28. The van der Waals surface area contributed by atoms with Crippen LogP contribution < -0.4 is 5.19 Å². The molecule has 1 rings (SSSR count). The second kappa shape index (κ2) is 7.88. The van der Waals surface area contributed by atoms with Crippen LogP contribution in [0.2, 0.25) is 0 Å². The van der Waals surface area contributed by atoms with Gasteiger partial charge in [0.05, 0.1) is 12.2 Å². The van der Waals surface area contributed by atoms with Gasteiger partial charge in [0.2, 0.25) is 0 Å². The second-order valence-corrected chi connectivity index (χ2v) is 5.70. The lowest BCUT2D eigenvalue weighted by Crippen LogP contribution is -2.34. The fraction of sp³-hybridized carbons (Fsp3) is 0.538. The number of benzene rings is 1. The number of hydrogen-bond donors (Lipinski definition) is 0. The van der Waals surface area contributed by atoms with Crippen molar-refractivity contribution < 1.29 is 31.5 Å². The van der Waals surface area contributed by atoms with Gasteiger partial charge in [-0.15, -0.1) is 0 Å². The predicted octanol–water partition coefficient (Wildman–Crippen LogP) is 2.64. The van der Waals surface area contributed by atoms with E-state index in [1.54, 1.807) is 27.7 Å². The monoisotopic (exact) mass is 324 g/mol. The smallest absolute Gasteiger partial charge is 0.278 e. The maximum absolute atomic E-state index is 13.5. The van der Waals surface area contributed by atoms with Crippen LogP contribution in [0.3, 0.4) is 0 Å². The van der Waals surface area contributed by atoms with E-state index in [1.807, 2.05) is 0 Å². The first kappa shape index (κ1) is 18.1. The first-order chi connectivity index (χ1) is 9.72. The Labute approximate surface area is 123 Å². The van der Waals surface area contributed by atoms with Gasteiger partial charge in [-0.1, -0.05) is 0 Å². The van der Waals surface area contributed by atoms with E-state index in [9.17, 15) is 17.6 Å². The molecule has 0 unspecified atom stereocenters. The standard InChI is InChI=1S/C13H16F4O3Si/c1-6(2)18-13(19-7(3)4)20-21-9-5-8(14)10(15)12(17)11(9)16/h5-7,13H,1-4H3. The molecule has 0 aliphatic heterocycles. The average molecular weight is 324 g/mol. The maximum Gasteiger partial charge on any atom is 0.278 e. The maximum atomic E-state index is 13.5. The van der Waals surface area contributed by atoms with Gasteiger partial charge in [0.15, 0.2) is 23.3 Å². The minimum atomic E-state index is -1.87. The highest BCUT2D eigenvalue weighted by Crippen LogP contribution is 2.12. The summed E-state index contributed by atoms with van der Waals surface area (Å²) in [5.74, 6) is -6.69. The fourth-order valence-corrected chi connectivity index (χ4v) is 2.01. The van der Waals surface area contributed by atoms with E-state index in [1.165, 1.54) is 0 Å². The lowest BCUT2D eigenvalue weighted by molar-refractivity contribution is -0.274. The average Bonchev–Trinajstić information content (AvgIpc) is 2.37. The van der Waals surface area contributed by atoms with Gasteiger partial charge in [-0.2, -0.15) is 0 Å². The molecule has 0 heterocycles. The van der Waals surface area contributed by atoms with Crippen molar-refractivity contribution in [3.05, 3.63) is 29.3 Å². The van der Waals surface area contributed by atoms with Crippen molar-refractivity contribution in [3.63, 3.8) is 0 Å². The van der Waals surface area contributed by atoms with Crippen molar-refractivity contribution in [3.8, 4) is 0 Å². The van der Waals surface area contributed by atoms with Crippen LogP contribution in [0.15, 0.2) is 6.07 Å². The summed E-state index contributed by atoms with van der Waals surface area (Å²) in [7, 11) is -0.800. The van der Waals surface area contributed by atoms with Crippen molar-refractivity contribution in [2.75, 3.05) is 0 Å². The van der Waals surface area contributed by atoms with Crippen LogP contribution in [0.5, 0.6) is 0 Å². The molecule has 2 radical (unpaired) electrons. The highest BCUT2D eigenvalue weighted by atomic mass is 28.2. The Morgan fingerprint density at radius 2 is 1.38 bits per heavy atom. The van der Waals surface area contributed by atoms with E-state index >= 15 is 0 Å². The minimum absolute atomic E-state index is 0.231. The highest BCUT2D eigenvalue weighted by Gasteiger charge is 2.22. The molecule has 0 bridgehead atoms. The topological polar surface area (TPSA) is 27.7 Å². The van der Waals surface area contributed by atoms with Crippen LogP contribution in [-0.4, -0.2) is 28.4 Å². The van der Waals surface area contributed by atoms with Gasteiger partial charge in [0, 0.05) is 5.19 Å². The van der Waals surface area contributed by atoms with Crippen molar-refractivity contribution in [2.24, 2.45) is 0 Å². The van der Waals surface area contributed by atoms with Crippen LogP contribution >= 0.6 is 0 Å². The molecule has 118 valence electrons. The molecule has 0 spiro atoms. The van der Waals surface area contributed by atoms with Crippen molar-refractivity contribution in [1.29, 1.82) is 0 Å². The molecule has 0 aliphatic rings. The Hall–Kier alpha value is -0.963. The molecule has 8 heteroatoms. The van der Waals surface area contributed by atoms with Crippen molar-refractivity contribution in [2.45, 2.75) is 46.4 Å². The number of rotatable bonds is 7. The van der Waals surface area contributed by atoms with Gasteiger partial charge in [0.1, 0.15) is 0 Å². The van der Waals surface area contributed by atoms with Gasteiger partial charge in [-0.25, -0.2) is 17.6 Å². The molecule has 0 fully saturated rings. The SMILES string of the molecule is CC(C)OC(O[Si]c1cc(F)c(F)c(F)c1F)OC(C)C. The number of hydrogen-bond acceptors (Lipinski definition) is 3. The molecule has 0 amide bonds. The molecule has 3 nitrogen and oxygen atoms in total. The molecule has 1 aromatic rings. The summed E-state index contributed by atoms with van der Waals surface area (Å²) in [6.07, 6.45) is -0.463. The zero-order valence-corrected chi connectivity index (χ0v) is 13.0. The molecular weight excluding hydrogens is 308 g/mol. The summed E-state index contributed by atoms with van der Waals surface area (Å²) in [6.45, 7) is 5.84. The minimum Gasteiger partial charge on any atom is -0.366 e. The molecule has 0 saturated heterocycles. The summed E-state index contributed by atoms with van der Waals surface area (Å²) in [5, 5.41) is -0.434. The van der Waals surface area contributed by atoms with E-state index in [0.29, 0.717) is 6.07 Å². The Bertz CT molecular complexity index is 473. The summed E-state index contributed by atoms with van der Waals surface area (Å²) in [4.78, 5) is 0. The van der Waals surface area contributed by atoms with E-state index < -0.39 is 44.7 Å². The Morgan fingerprint density at radius 3 is 1.86 bits per heavy atom. The molecule has 0 atom stereocenters. The van der Waals surface area contributed by atoms with Gasteiger partial charge < -0.3 is 13.9 Å². The quantitative estimate of drug-likeness (QED) is 0.254. The van der Waals surface area contributed by atoms with Gasteiger partial charge in [0.25, 0.3) is 16.2 Å². The van der Waals surface area contributed by atoms with Gasteiger partial charge >= 0.3 is 0 Å². The lowest BCUT2D eigenvalue weighted by Gasteiger charge is -2.22. The predicted molar refractivity (Wildman–Crippen MR) is 69.0 cm³/mol. The van der Waals surface area contributed by atoms with Crippen LogP contribution in [-0.2, 0) is 13.9 Å². The van der Waals surface area contributed by atoms with E-state index in [0.717, 1.165) is 0 Å². The second-order valence-electron chi connectivity index (χ2n) is 4.73. The van der Waals surface area contributed by atoms with Gasteiger partial charge in [-0.3, -0.25) is 0 Å². The first-order valence-corrected chi connectivity index (χ1v) is 7.18. The molecule has 0 aromatic heterocycles. The Balaban J connectivity index is 2.80.